The molecular weight excluding hydrogens is 358 g/mol. The molecule has 28 heavy (non-hydrogen) atoms. The van der Waals surface area contributed by atoms with Crippen molar-refractivity contribution in [2.45, 2.75) is 33.7 Å². The van der Waals surface area contributed by atoms with Crippen LogP contribution in [-0.4, -0.2) is 54.1 Å². The van der Waals surface area contributed by atoms with Gasteiger partial charge in [-0.3, -0.25) is 19.3 Å². The summed E-state index contributed by atoms with van der Waals surface area (Å²) in [4.78, 5) is 41.7. The van der Waals surface area contributed by atoms with Gasteiger partial charge in [0.2, 0.25) is 5.91 Å². The molecule has 0 radical (unpaired) electrons. The molecule has 1 aromatic carbocycles. The topological polar surface area (TPSA) is 91.5 Å². The van der Waals surface area contributed by atoms with Gasteiger partial charge < -0.3 is 15.0 Å². The van der Waals surface area contributed by atoms with Crippen LogP contribution in [0, 0.1) is 13.8 Å². The minimum absolute atomic E-state index is 0.0441. The first-order valence-electron chi connectivity index (χ1n) is 9.04. The summed E-state index contributed by atoms with van der Waals surface area (Å²) < 4.78 is 5.14. The van der Waals surface area contributed by atoms with Gasteiger partial charge in [-0.25, -0.2) is 0 Å². The highest BCUT2D eigenvalue weighted by molar-refractivity contribution is 6.05. The van der Waals surface area contributed by atoms with Crippen molar-refractivity contribution in [1.29, 1.82) is 0 Å². The van der Waals surface area contributed by atoms with E-state index in [0.717, 1.165) is 0 Å². The van der Waals surface area contributed by atoms with E-state index in [2.05, 4.69) is 10.3 Å². The zero-order valence-electron chi connectivity index (χ0n) is 17.2. The first-order chi connectivity index (χ1) is 13.1. The number of aromatic nitrogens is 1. The first kappa shape index (κ1) is 21.4. The number of benzene rings is 1. The number of aryl methyl sites for hydroxylation is 1. The number of ether oxygens (including phenoxy) is 1. The van der Waals surface area contributed by atoms with Crippen molar-refractivity contribution in [3.05, 3.63) is 46.8 Å². The number of nitrogens with zero attached hydrogens (tertiary/aromatic N) is 1. The normalized spacial score (nSPS) is 12.0. The molecule has 7 nitrogen and oxygen atoms in total. The van der Waals surface area contributed by atoms with Crippen LogP contribution in [0.1, 0.15) is 46.0 Å². The summed E-state index contributed by atoms with van der Waals surface area (Å²) >= 11 is 0. The zero-order chi connectivity index (χ0) is 21.0. The average molecular weight is 385 g/mol. The number of rotatable bonds is 8. The number of ketones is 2. The smallest absolute Gasteiger partial charge is 0.238 e. The van der Waals surface area contributed by atoms with Gasteiger partial charge in [0, 0.05) is 23.0 Å². The largest absolute Gasteiger partial charge is 0.497 e. The number of carbonyl (C=O) groups excluding carboxylic acids is 3. The second kappa shape index (κ2) is 8.84. The zero-order valence-corrected chi connectivity index (χ0v) is 17.2. The molecule has 0 aliphatic heterocycles. The molecule has 2 rings (SSSR count). The van der Waals surface area contributed by atoms with E-state index in [9.17, 15) is 14.4 Å². The van der Waals surface area contributed by atoms with Crippen molar-refractivity contribution in [2.75, 3.05) is 26.0 Å². The Hall–Kier alpha value is -2.93. The first-order valence-corrected chi connectivity index (χ1v) is 9.04. The average Bonchev–Trinajstić information content (AvgIpc) is 2.94. The highest BCUT2D eigenvalue weighted by atomic mass is 16.5. The van der Waals surface area contributed by atoms with E-state index in [1.54, 1.807) is 64.1 Å². The molecule has 0 fully saturated rings. The number of carbonyl (C=O) groups is 3. The molecule has 0 aliphatic rings. The molecule has 0 bridgehead atoms. The third-order valence-electron chi connectivity index (χ3n) is 4.82. The highest BCUT2D eigenvalue weighted by Gasteiger charge is 2.26. The van der Waals surface area contributed by atoms with E-state index in [4.69, 9.17) is 4.74 Å². The second-order valence-electron chi connectivity index (χ2n) is 6.92. The number of nitrogens with one attached hydrogen (secondary N) is 2. The van der Waals surface area contributed by atoms with Gasteiger partial charge >= 0.3 is 0 Å². The van der Waals surface area contributed by atoms with Crippen LogP contribution < -0.4 is 10.1 Å². The molecule has 1 aromatic heterocycles. The van der Waals surface area contributed by atoms with Crippen molar-refractivity contribution in [1.82, 2.24) is 9.88 Å². The van der Waals surface area contributed by atoms with Gasteiger partial charge in [-0.15, -0.1) is 0 Å². The van der Waals surface area contributed by atoms with Gasteiger partial charge in [-0.1, -0.05) is 6.07 Å². The Bertz CT molecular complexity index is 901. The molecule has 0 saturated carbocycles. The Morgan fingerprint density at radius 2 is 1.93 bits per heavy atom. The van der Waals surface area contributed by atoms with Gasteiger partial charge in [-0.05, 0) is 52.4 Å². The Kier molecular flexibility index (Phi) is 6.75. The van der Waals surface area contributed by atoms with Crippen molar-refractivity contribution >= 4 is 23.2 Å². The van der Waals surface area contributed by atoms with Gasteiger partial charge in [-0.2, -0.15) is 0 Å². The van der Waals surface area contributed by atoms with Crippen LogP contribution in [0.25, 0.3) is 0 Å². The molecule has 0 unspecified atom stereocenters. The van der Waals surface area contributed by atoms with Crippen LogP contribution in [0.3, 0.4) is 0 Å². The SMILES string of the molecule is COc1cccc(NC(=O)CN(C)[C@@H](C)C(=O)c2[nH]c(C)c(C(C)=O)c2C)c1. The molecule has 1 heterocycles. The molecule has 0 spiro atoms. The monoisotopic (exact) mass is 385 g/mol. The lowest BCUT2D eigenvalue weighted by molar-refractivity contribution is -0.117. The summed E-state index contributed by atoms with van der Waals surface area (Å²) in [6, 6.07) is 6.53. The molecule has 2 N–H and O–H groups in total. The molecular formula is C21H27N3O4. The van der Waals surface area contributed by atoms with E-state index in [-0.39, 0.29) is 24.0 Å². The number of hydrogen-bond acceptors (Lipinski definition) is 5. The van der Waals surface area contributed by atoms with Crippen LogP contribution in [0.5, 0.6) is 5.75 Å². The molecule has 1 atom stereocenters. The maximum atomic E-state index is 12.9. The van der Waals surface area contributed by atoms with Crippen molar-refractivity contribution in [2.24, 2.45) is 0 Å². The van der Waals surface area contributed by atoms with Gasteiger partial charge in [0.1, 0.15) is 5.75 Å². The van der Waals surface area contributed by atoms with Crippen LogP contribution in [0.4, 0.5) is 5.69 Å². The van der Waals surface area contributed by atoms with E-state index >= 15 is 0 Å². The maximum Gasteiger partial charge on any atom is 0.238 e. The van der Waals surface area contributed by atoms with Crippen LogP contribution in [-0.2, 0) is 4.79 Å². The maximum absolute atomic E-state index is 12.9. The van der Waals surface area contributed by atoms with E-state index in [1.165, 1.54) is 6.92 Å². The Labute approximate surface area is 165 Å². The summed E-state index contributed by atoms with van der Waals surface area (Å²) in [5.74, 6) is 0.168. The summed E-state index contributed by atoms with van der Waals surface area (Å²) in [7, 11) is 3.27. The minimum atomic E-state index is -0.535. The lowest BCUT2D eigenvalue weighted by Crippen LogP contribution is -2.41. The number of H-pyrrole nitrogens is 1. The highest BCUT2D eigenvalue weighted by Crippen LogP contribution is 2.21. The number of amides is 1. The van der Waals surface area contributed by atoms with Crippen LogP contribution in [0.15, 0.2) is 24.3 Å². The quantitative estimate of drug-likeness (QED) is 0.682. The lowest BCUT2D eigenvalue weighted by atomic mass is 10.0. The van der Waals surface area contributed by atoms with Gasteiger partial charge in [0.05, 0.1) is 25.4 Å². The van der Waals surface area contributed by atoms with E-state index in [1.807, 2.05) is 0 Å². The standard InChI is InChI=1S/C21H27N3O4/c1-12-19(15(4)25)13(2)22-20(12)21(27)14(3)24(5)11-18(26)23-16-8-7-9-17(10-16)28-6/h7-10,14,22H,11H2,1-6H3,(H,23,26)/t14-/m0/s1. The third-order valence-corrected chi connectivity index (χ3v) is 4.82. The molecule has 1 amide bonds. The number of Topliss-reactive ketones (excluding diaryl/α,β-unsaturated/α-hetero) is 2. The molecule has 0 saturated heterocycles. The Balaban J connectivity index is 2.06. The molecule has 150 valence electrons. The predicted octanol–water partition coefficient (Wildman–Crippen LogP) is 2.98. The number of hydrogen-bond donors (Lipinski definition) is 2. The predicted molar refractivity (Wildman–Crippen MR) is 108 cm³/mol. The lowest BCUT2D eigenvalue weighted by Gasteiger charge is -2.23. The molecule has 0 aliphatic carbocycles. The fourth-order valence-electron chi connectivity index (χ4n) is 3.20. The minimum Gasteiger partial charge on any atom is -0.497 e. The fraction of sp³-hybridized carbons (Fsp3) is 0.381. The van der Waals surface area contributed by atoms with Crippen LogP contribution >= 0.6 is 0 Å². The molecule has 7 heteroatoms. The fourth-order valence-corrected chi connectivity index (χ4v) is 3.20. The number of anilines is 1. The van der Waals surface area contributed by atoms with Crippen molar-refractivity contribution in [3.63, 3.8) is 0 Å². The van der Waals surface area contributed by atoms with Crippen molar-refractivity contribution in [3.8, 4) is 5.75 Å². The summed E-state index contributed by atoms with van der Waals surface area (Å²) in [5.41, 5.74) is 2.91. The Morgan fingerprint density at radius 3 is 2.50 bits per heavy atom. The number of likely N-dealkylation sites (N-methyl/N-ethyl adjacent to an activating group) is 1. The Morgan fingerprint density at radius 1 is 1.25 bits per heavy atom. The summed E-state index contributed by atoms with van der Waals surface area (Å²) in [6.07, 6.45) is 0. The molecule has 2 aromatic rings. The third kappa shape index (κ3) is 4.67. The van der Waals surface area contributed by atoms with E-state index < -0.39 is 6.04 Å². The van der Waals surface area contributed by atoms with Gasteiger partial charge in [0.15, 0.2) is 11.6 Å². The number of aromatic amines is 1. The van der Waals surface area contributed by atoms with Crippen LogP contribution in [0.2, 0.25) is 0 Å². The summed E-state index contributed by atoms with van der Waals surface area (Å²) in [6.45, 7) is 6.80. The summed E-state index contributed by atoms with van der Waals surface area (Å²) in [5, 5.41) is 2.80. The van der Waals surface area contributed by atoms with E-state index in [0.29, 0.717) is 34.0 Å². The second-order valence-corrected chi connectivity index (χ2v) is 6.92. The van der Waals surface area contributed by atoms with Gasteiger partial charge in [0.25, 0.3) is 0 Å². The van der Waals surface area contributed by atoms with Crippen molar-refractivity contribution < 1.29 is 19.1 Å². The number of methoxy groups -OCH3 is 1.